The Labute approximate surface area is 144 Å². The summed E-state index contributed by atoms with van der Waals surface area (Å²) in [5.41, 5.74) is 1.38. The van der Waals surface area contributed by atoms with Gasteiger partial charge < -0.3 is 15.7 Å². The van der Waals surface area contributed by atoms with Gasteiger partial charge in [0, 0.05) is 12.1 Å². The second-order valence-corrected chi connectivity index (χ2v) is 6.90. The molecule has 0 atom stereocenters. The third-order valence-corrected chi connectivity index (χ3v) is 4.06. The number of carbonyl (C=O) groups is 1. The fourth-order valence-electron chi connectivity index (χ4n) is 2.15. The Morgan fingerprint density at radius 1 is 1.26 bits per heavy atom. The maximum atomic E-state index is 12.2. The number of rotatable bonds is 10. The van der Waals surface area contributed by atoms with E-state index in [2.05, 4.69) is 17.6 Å². The molecular weight excluding hydrogens is 312 g/mol. The molecule has 0 aromatic heterocycles. The molecule has 0 fully saturated rings. The molecule has 0 saturated carbocycles. The number of halogens is 1. The summed E-state index contributed by atoms with van der Waals surface area (Å²) in [5, 5.41) is 15.9. The summed E-state index contributed by atoms with van der Waals surface area (Å²) in [7, 11) is 0. The number of nitrogens with one attached hydrogen (secondary N) is 2. The summed E-state index contributed by atoms with van der Waals surface area (Å²) in [5.74, 6) is -0.107. The number of benzene rings is 1. The SMILES string of the molecule is CCCCNC(=O)c1cc(CCCNC(C)(C)CO)ccc1Cl. The van der Waals surface area contributed by atoms with Crippen molar-refractivity contribution >= 4 is 17.5 Å². The van der Waals surface area contributed by atoms with Crippen LogP contribution in [-0.4, -0.2) is 36.2 Å². The van der Waals surface area contributed by atoms with Gasteiger partial charge in [-0.2, -0.15) is 0 Å². The average molecular weight is 341 g/mol. The lowest BCUT2D eigenvalue weighted by atomic mass is 10.0. The summed E-state index contributed by atoms with van der Waals surface area (Å²) >= 11 is 6.14. The predicted molar refractivity (Wildman–Crippen MR) is 96.2 cm³/mol. The highest BCUT2D eigenvalue weighted by atomic mass is 35.5. The number of amides is 1. The molecule has 5 heteroatoms. The molecule has 0 aliphatic rings. The zero-order valence-corrected chi connectivity index (χ0v) is 15.2. The Morgan fingerprint density at radius 3 is 2.65 bits per heavy atom. The summed E-state index contributed by atoms with van der Waals surface area (Å²) in [4.78, 5) is 12.2. The standard InChI is InChI=1S/C18H29ClN2O2/c1-4-5-10-20-17(23)15-12-14(8-9-16(15)19)7-6-11-21-18(2,3)13-22/h8-9,12,21-22H,4-7,10-11,13H2,1-3H3,(H,20,23). The first kappa shape index (κ1) is 19.9. The van der Waals surface area contributed by atoms with E-state index in [0.29, 0.717) is 17.1 Å². The van der Waals surface area contributed by atoms with E-state index in [0.717, 1.165) is 37.8 Å². The van der Waals surface area contributed by atoms with Crippen LogP contribution >= 0.6 is 11.6 Å². The third-order valence-electron chi connectivity index (χ3n) is 3.73. The third kappa shape index (κ3) is 7.34. The smallest absolute Gasteiger partial charge is 0.252 e. The summed E-state index contributed by atoms with van der Waals surface area (Å²) in [6, 6.07) is 5.62. The van der Waals surface area contributed by atoms with Crippen LogP contribution in [0, 0.1) is 0 Å². The molecule has 1 amide bonds. The van der Waals surface area contributed by atoms with Gasteiger partial charge in [0.1, 0.15) is 0 Å². The zero-order valence-electron chi connectivity index (χ0n) is 14.4. The molecule has 0 saturated heterocycles. The van der Waals surface area contributed by atoms with E-state index in [1.54, 1.807) is 6.07 Å². The molecule has 1 aromatic carbocycles. The average Bonchev–Trinajstić information content (AvgIpc) is 2.53. The van der Waals surface area contributed by atoms with Gasteiger partial charge in [-0.1, -0.05) is 31.0 Å². The van der Waals surface area contributed by atoms with Gasteiger partial charge in [-0.3, -0.25) is 4.79 Å². The van der Waals surface area contributed by atoms with Crippen LogP contribution in [-0.2, 0) is 6.42 Å². The molecular formula is C18H29ClN2O2. The second kappa shape index (κ2) is 9.91. The second-order valence-electron chi connectivity index (χ2n) is 6.50. The van der Waals surface area contributed by atoms with Crippen LogP contribution in [0.2, 0.25) is 5.02 Å². The first-order chi connectivity index (χ1) is 10.9. The van der Waals surface area contributed by atoms with Crippen LogP contribution in [0.15, 0.2) is 18.2 Å². The molecule has 0 heterocycles. The maximum Gasteiger partial charge on any atom is 0.252 e. The van der Waals surface area contributed by atoms with Gasteiger partial charge >= 0.3 is 0 Å². The largest absolute Gasteiger partial charge is 0.394 e. The Hall–Kier alpha value is -1.10. The molecule has 0 unspecified atom stereocenters. The molecule has 1 aromatic rings. The van der Waals surface area contributed by atoms with E-state index in [-0.39, 0.29) is 18.1 Å². The van der Waals surface area contributed by atoms with E-state index in [1.807, 2.05) is 26.0 Å². The quantitative estimate of drug-likeness (QED) is 0.573. The summed E-state index contributed by atoms with van der Waals surface area (Å²) in [6.07, 6.45) is 3.81. The number of aliphatic hydroxyl groups is 1. The highest BCUT2D eigenvalue weighted by Gasteiger charge is 2.14. The van der Waals surface area contributed by atoms with Crippen molar-refractivity contribution in [2.45, 2.75) is 52.0 Å². The summed E-state index contributed by atoms with van der Waals surface area (Å²) < 4.78 is 0. The summed E-state index contributed by atoms with van der Waals surface area (Å²) in [6.45, 7) is 7.62. The van der Waals surface area contributed by atoms with Crippen LogP contribution in [0.1, 0.15) is 56.0 Å². The molecule has 0 radical (unpaired) electrons. The number of aryl methyl sites for hydroxylation is 1. The molecule has 1 rings (SSSR count). The van der Waals surface area contributed by atoms with Crippen LogP contribution in [0.25, 0.3) is 0 Å². The zero-order chi connectivity index (χ0) is 17.3. The van der Waals surface area contributed by atoms with Gasteiger partial charge in [0.05, 0.1) is 17.2 Å². The van der Waals surface area contributed by atoms with Gasteiger partial charge in [-0.05, 0) is 57.4 Å². The van der Waals surface area contributed by atoms with E-state index in [9.17, 15) is 9.90 Å². The van der Waals surface area contributed by atoms with Gasteiger partial charge in [0.15, 0.2) is 0 Å². The molecule has 0 spiro atoms. The number of unbranched alkanes of at least 4 members (excludes halogenated alkanes) is 1. The Bertz CT molecular complexity index is 504. The van der Waals surface area contributed by atoms with Crippen LogP contribution in [0.5, 0.6) is 0 Å². The monoisotopic (exact) mass is 340 g/mol. The van der Waals surface area contributed by atoms with Crippen molar-refractivity contribution in [1.29, 1.82) is 0 Å². The lowest BCUT2D eigenvalue weighted by Gasteiger charge is -2.23. The normalized spacial score (nSPS) is 11.5. The van der Waals surface area contributed by atoms with E-state index in [1.165, 1.54) is 0 Å². The van der Waals surface area contributed by atoms with Gasteiger partial charge in [-0.15, -0.1) is 0 Å². The lowest BCUT2D eigenvalue weighted by molar-refractivity contribution is 0.0953. The minimum atomic E-state index is -0.260. The maximum absolute atomic E-state index is 12.2. The number of aliphatic hydroxyl groups excluding tert-OH is 1. The minimum absolute atomic E-state index is 0.107. The highest BCUT2D eigenvalue weighted by molar-refractivity contribution is 6.33. The first-order valence-electron chi connectivity index (χ1n) is 8.32. The molecule has 0 aliphatic carbocycles. The van der Waals surface area contributed by atoms with E-state index < -0.39 is 0 Å². The van der Waals surface area contributed by atoms with Crippen molar-refractivity contribution in [2.24, 2.45) is 0 Å². The molecule has 0 aliphatic heterocycles. The molecule has 130 valence electrons. The van der Waals surface area contributed by atoms with Crippen molar-refractivity contribution < 1.29 is 9.90 Å². The first-order valence-corrected chi connectivity index (χ1v) is 8.70. The van der Waals surface area contributed by atoms with Gasteiger partial charge in [-0.25, -0.2) is 0 Å². The lowest BCUT2D eigenvalue weighted by Crippen LogP contribution is -2.43. The minimum Gasteiger partial charge on any atom is -0.394 e. The van der Waals surface area contributed by atoms with Crippen molar-refractivity contribution in [3.8, 4) is 0 Å². The Morgan fingerprint density at radius 2 is 2.00 bits per heavy atom. The number of hydrogen-bond acceptors (Lipinski definition) is 3. The Kier molecular flexibility index (Phi) is 8.59. The fourth-order valence-corrected chi connectivity index (χ4v) is 2.35. The van der Waals surface area contributed by atoms with Crippen molar-refractivity contribution in [2.75, 3.05) is 19.7 Å². The molecule has 4 nitrogen and oxygen atoms in total. The van der Waals surface area contributed by atoms with E-state index in [4.69, 9.17) is 11.6 Å². The van der Waals surface area contributed by atoms with Crippen molar-refractivity contribution in [1.82, 2.24) is 10.6 Å². The van der Waals surface area contributed by atoms with E-state index >= 15 is 0 Å². The fraction of sp³-hybridized carbons (Fsp3) is 0.611. The Balaban J connectivity index is 2.54. The van der Waals surface area contributed by atoms with Crippen molar-refractivity contribution in [3.05, 3.63) is 34.3 Å². The molecule has 3 N–H and O–H groups in total. The predicted octanol–water partition coefficient (Wildman–Crippen LogP) is 3.16. The topological polar surface area (TPSA) is 61.4 Å². The van der Waals surface area contributed by atoms with Crippen molar-refractivity contribution in [3.63, 3.8) is 0 Å². The van der Waals surface area contributed by atoms with Crippen LogP contribution < -0.4 is 10.6 Å². The molecule has 0 bridgehead atoms. The molecule has 23 heavy (non-hydrogen) atoms. The van der Waals surface area contributed by atoms with Gasteiger partial charge in [0.25, 0.3) is 5.91 Å². The number of carbonyl (C=O) groups excluding carboxylic acids is 1. The number of hydrogen-bond donors (Lipinski definition) is 3. The van der Waals surface area contributed by atoms with Crippen LogP contribution in [0.3, 0.4) is 0 Å². The van der Waals surface area contributed by atoms with Crippen LogP contribution in [0.4, 0.5) is 0 Å². The van der Waals surface area contributed by atoms with Gasteiger partial charge in [0.2, 0.25) is 0 Å². The highest BCUT2D eigenvalue weighted by Crippen LogP contribution is 2.18.